The molecule has 0 spiro atoms. The summed E-state index contributed by atoms with van der Waals surface area (Å²) in [5.41, 5.74) is 23.3. The Bertz CT molecular complexity index is 3270. The second kappa shape index (κ2) is 15.7. The van der Waals surface area contributed by atoms with Crippen molar-refractivity contribution in [3.63, 3.8) is 0 Å². The average Bonchev–Trinajstić information content (AvgIpc) is 3.67. The van der Waals surface area contributed by atoms with Crippen molar-refractivity contribution in [3.8, 4) is 44.5 Å². The quantitative estimate of drug-likeness (QED) is 0.162. The van der Waals surface area contributed by atoms with Crippen molar-refractivity contribution >= 4 is 17.1 Å². The van der Waals surface area contributed by atoms with Crippen molar-refractivity contribution < 1.29 is 0 Å². The van der Waals surface area contributed by atoms with E-state index in [2.05, 4.69) is 254 Å². The summed E-state index contributed by atoms with van der Waals surface area (Å²) in [6.07, 6.45) is 1.62. The first kappa shape index (κ1) is 37.7. The van der Waals surface area contributed by atoms with Crippen LogP contribution in [0.25, 0.3) is 44.5 Å². The normalized spacial score (nSPS) is 13.0. The van der Waals surface area contributed by atoms with Gasteiger partial charge in [0.25, 0.3) is 0 Å². The summed E-state index contributed by atoms with van der Waals surface area (Å²) in [6.45, 7) is 0. The van der Waals surface area contributed by atoms with E-state index < -0.39 is 5.41 Å². The summed E-state index contributed by atoms with van der Waals surface area (Å²) in [7, 11) is 0. The van der Waals surface area contributed by atoms with Gasteiger partial charge in [0.1, 0.15) is 0 Å². The van der Waals surface area contributed by atoms with Gasteiger partial charge in [-0.1, -0.05) is 224 Å². The third kappa shape index (κ3) is 6.08. The molecule has 2 aliphatic carbocycles. The minimum atomic E-state index is -0.529. The van der Waals surface area contributed by atoms with Gasteiger partial charge in [-0.15, -0.1) is 0 Å². The van der Waals surface area contributed by atoms with Gasteiger partial charge in [0.2, 0.25) is 0 Å². The zero-order valence-electron chi connectivity index (χ0n) is 35.5. The van der Waals surface area contributed by atoms with E-state index in [0.717, 1.165) is 29.9 Å². The van der Waals surface area contributed by atoms with Crippen LogP contribution in [0.5, 0.6) is 0 Å². The Morgan fingerprint density at radius 3 is 1.33 bits per heavy atom. The van der Waals surface area contributed by atoms with Crippen LogP contribution in [0, 0.1) is 0 Å². The van der Waals surface area contributed by atoms with Gasteiger partial charge in [0, 0.05) is 16.8 Å². The van der Waals surface area contributed by atoms with Crippen molar-refractivity contribution in [3.05, 3.63) is 293 Å². The van der Waals surface area contributed by atoms with Gasteiger partial charge >= 0.3 is 0 Å². The molecule has 10 aromatic carbocycles. The second-order valence-electron chi connectivity index (χ2n) is 17.1. The molecule has 0 heterocycles. The molecule has 0 amide bonds. The molecule has 0 atom stereocenters. The van der Waals surface area contributed by atoms with E-state index in [-0.39, 0.29) is 0 Å². The minimum absolute atomic E-state index is 0.529. The van der Waals surface area contributed by atoms with Gasteiger partial charge in [-0.2, -0.15) is 0 Å². The molecular formula is C63H45N. The summed E-state index contributed by atoms with van der Waals surface area (Å²) in [6, 6.07) is 92.4. The molecule has 0 aromatic heterocycles. The molecule has 0 aliphatic heterocycles. The van der Waals surface area contributed by atoms with E-state index in [1.807, 2.05) is 0 Å². The molecule has 1 nitrogen and oxygen atoms in total. The van der Waals surface area contributed by atoms with Gasteiger partial charge in [-0.25, -0.2) is 0 Å². The second-order valence-corrected chi connectivity index (χ2v) is 17.1. The number of hydrogen-bond donors (Lipinski definition) is 0. The van der Waals surface area contributed by atoms with Gasteiger partial charge < -0.3 is 4.90 Å². The van der Waals surface area contributed by atoms with Crippen molar-refractivity contribution in [1.82, 2.24) is 0 Å². The van der Waals surface area contributed by atoms with E-state index in [0.29, 0.717) is 0 Å². The van der Waals surface area contributed by atoms with Crippen LogP contribution in [0.3, 0.4) is 0 Å². The lowest BCUT2D eigenvalue weighted by Crippen LogP contribution is -2.28. The maximum atomic E-state index is 2.57. The fourth-order valence-electron chi connectivity index (χ4n) is 10.9. The molecule has 12 rings (SSSR count). The number of rotatable bonds is 6. The van der Waals surface area contributed by atoms with Gasteiger partial charge in [-0.05, 0) is 115 Å². The van der Waals surface area contributed by atoms with Gasteiger partial charge in [0.05, 0.1) is 16.8 Å². The number of anilines is 3. The van der Waals surface area contributed by atoms with E-state index in [9.17, 15) is 0 Å². The number of benzene rings is 10. The van der Waals surface area contributed by atoms with Crippen LogP contribution >= 0.6 is 0 Å². The largest absolute Gasteiger partial charge is 0.309 e. The lowest BCUT2D eigenvalue weighted by molar-refractivity contribution is 0.768. The van der Waals surface area contributed by atoms with Crippen molar-refractivity contribution in [2.24, 2.45) is 0 Å². The smallest absolute Gasteiger partial charge is 0.0714 e. The summed E-state index contributed by atoms with van der Waals surface area (Å²) < 4.78 is 0. The average molecular weight is 816 g/mol. The van der Waals surface area contributed by atoms with Crippen molar-refractivity contribution in [2.75, 3.05) is 4.90 Å². The Hall–Kier alpha value is -8.00. The molecule has 0 bridgehead atoms. The van der Waals surface area contributed by atoms with Crippen LogP contribution in [0.4, 0.5) is 17.1 Å². The summed E-state index contributed by atoms with van der Waals surface area (Å²) >= 11 is 0. The molecule has 0 N–H and O–H groups in total. The lowest BCUT2D eigenvalue weighted by Gasteiger charge is -2.35. The lowest BCUT2D eigenvalue weighted by atomic mass is 9.68. The van der Waals surface area contributed by atoms with Crippen molar-refractivity contribution in [1.29, 1.82) is 0 Å². The molecule has 0 saturated carbocycles. The standard InChI is InChI=1S/C63H45N/c1-4-20-44(21-5-1)45-38-40-52(41-39-45)64(60-37-19-35-58-62(60)56-33-16-17-34-57(56)63(58,50-26-6-2-7-27-50)51-28-8-3-9-29-51)59-36-18-25-49-43-47-23-11-14-31-54(47)53-30-13-10-22-46(53)42-48-24-12-15-32-55(48)61(49)59/h1-41H,42-43H2. The zero-order valence-corrected chi connectivity index (χ0v) is 35.5. The van der Waals surface area contributed by atoms with Gasteiger partial charge in [0.15, 0.2) is 0 Å². The molecule has 0 radical (unpaired) electrons. The highest BCUT2D eigenvalue weighted by Gasteiger charge is 2.47. The predicted octanol–water partition coefficient (Wildman–Crippen LogP) is 16.0. The highest BCUT2D eigenvalue weighted by molar-refractivity contribution is 6.00. The molecule has 302 valence electrons. The minimum Gasteiger partial charge on any atom is -0.309 e. The third-order valence-electron chi connectivity index (χ3n) is 13.7. The van der Waals surface area contributed by atoms with Crippen molar-refractivity contribution in [2.45, 2.75) is 18.3 Å². The Morgan fingerprint density at radius 2 is 0.703 bits per heavy atom. The van der Waals surface area contributed by atoms with Crippen LogP contribution in [0.2, 0.25) is 0 Å². The molecule has 0 saturated heterocycles. The highest BCUT2D eigenvalue weighted by atomic mass is 15.1. The molecule has 1 heteroatoms. The number of hydrogen-bond acceptors (Lipinski definition) is 1. The Labute approximate surface area is 376 Å². The number of fused-ring (bicyclic) bond motifs is 9. The Kier molecular flexibility index (Phi) is 9.27. The van der Waals surface area contributed by atoms with E-state index in [4.69, 9.17) is 0 Å². The highest BCUT2D eigenvalue weighted by Crippen LogP contribution is 2.60. The molecule has 0 unspecified atom stereocenters. The van der Waals surface area contributed by atoms with Gasteiger partial charge in [-0.3, -0.25) is 0 Å². The molecule has 10 aromatic rings. The van der Waals surface area contributed by atoms with Crippen LogP contribution in [0.1, 0.15) is 44.5 Å². The third-order valence-corrected chi connectivity index (χ3v) is 13.7. The van der Waals surface area contributed by atoms with Crippen LogP contribution < -0.4 is 4.90 Å². The molecule has 0 fully saturated rings. The maximum Gasteiger partial charge on any atom is 0.0714 e. The predicted molar refractivity (Wildman–Crippen MR) is 267 cm³/mol. The topological polar surface area (TPSA) is 3.24 Å². The monoisotopic (exact) mass is 815 g/mol. The molecular weight excluding hydrogens is 771 g/mol. The maximum absolute atomic E-state index is 2.57. The summed E-state index contributed by atoms with van der Waals surface area (Å²) in [5.74, 6) is 0. The zero-order chi connectivity index (χ0) is 42.5. The fraction of sp³-hybridized carbons (Fsp3) is 0.0476. The van der Waals surface area contributed by atoms with Crippen LogP contribution in [0.15, 0.2) is 249 Å². The first-order valence-corrected chi connectivity index (χ1v) is 22.4. The molecule has 64 heavy (non-hydrogen) atoms. The molecule has 2 aliphatic rings. The summed E-state index contributed by atoms with van der Waals surface area (Å²) in [4.78, 5) is 2.57. The first-order chi connectivity index (χ1) is 31.8. The first-order valence-electron chi connectivity index (χ1n) is 22.4. The van der Waals surface area contributed by atoms with Crippen LogP contribution in [-0.4, -0.2) is 0 Å². The Balaban J connectivity index is 1.17. The SMILES string of the molecule is c1ccc(-c2ccc(N(c3cccc4c3-c3ccccc3Cc3ccccc3-c3ccccc3C4)c3cccc4c3-c3ccccc3C4(c3ccccc3)c3ccccc3)cc2)cc1. The van der Waals surface area contributed by atoms with E-state index in [1.54, 1.807) is 0 Å². The number of nitrogens with zero attached hydrogens (tertiary/aromatic N) is 1. The fourth-order valence-corrected chi connectivity index (χ4v) is 10.9. The summed E-state index contributed by atoms with van der Waals surface area (Å²) in [5, 5.41) is 0. The van der Waals surface area contributed by atoms with Crippen LogP contribution in [-0.2, 0) is 18.3 Å². The van der Waals surface area contributed by atoms with E-state index >= 15 is 0 Å². The Morgan fingerprint density at radius 1 is 0.281 bits per heavy atom. The van der Waals surface area contributed by atoms with E-state index in [1.165, 1.54) is 89.0 Å².